The molecule has 1 heterocycles. The van der Waals surface area contributed by atoms with Crippen molar-refractivity contribution in [2.24, 2.45) is 0 Å². The van der Waals surface area contributed by atoms with E-state index in [9.17, 15) is 24.5 Å². The van der Waals surface area contributed by atoms with Gasteiger partial charge in [0.15, 0.2) is 0 Å². The van der Waals surface area contributed by atoms with Crippen molar-refractivity contribution in [2.45, 2.75) is 27.2 Å². The van der Waals surface area contributed by atoms with Gasteiger partial charge in [-0.2, -0.15) is 0 Å². The van der Waals surface area contributed by atoms with Crippen LogP contribution in [0.4, 0.5) is 17.1 Å². The Balaban J connectivity index is 2.04. The number of rotatable bonds is 5. The van der Waals surface area contributed by atoms with Crippen LogP contribution in [0.3, 0.4) is 0 Å². The number of fused-ring (bicyclic) bond motifs is 1. The van der Waals surface area contributed by atoms with Crippen LogP contribution in [0, 0.1) is 24.0 Å². The smallest absolute Gasteiger partial charge is 0.326 e. The summed E-state index contributed by atoms with van der Waals surface area (Å²) in [4.78, 5) is 51.4. The SMILES string of the molecule is CCOC(=O)CN1C(=O)CCN(C(=O)c2ccc([N+](=O)[O-])cc2)c2cc(C)c(C)cc21. The van der Waals surface area contributed by atoms with Crippen molar-refractivity contribution >= 4 is 34.8 Å². The van der Waals surface area contributed by atoms with Crippen LogP contribution < -0.4 is 9.80 Å². The van der Waals surface area contributed by atoms with E-state index < -0.39 is 10.9 Å². The quantitative estimate of drug-likeness (QED) is 0.413. The van der Waals surface area contributed by atoms with Gasteiger partial charge in [0.25, 0.3) is 11.6 Å². The fourth-order valence-corrected chi connectivity index (χ4v) is 3.42. The van der Waals surface area contributed by atoms with E-state index in [4.69, 9.17) is 4.74 Å². The monoisotopic (exact) mass is 425 g/mol. The van der Waals surface area contributed by atoms with Gasteiger partial charge in [0.2, 0.25) is 5.91 Å². The molecule has 0 aliphatic carbocycles. The Morgan fingerprint density at radius 2 is 1.71 bits per heavy atom. The Bertz CT molecular complexity index is 1050. The van der Waals surface area contributed by atoms with Gasteiger partial charge < -0.3 is 9.64 Å². The highest BCUT2D eigenvalue weighted by Gasteiger charge is 2.32. The van der Waals surface area contributed by atoms with E-state index in [0.29, 0.717) is 11.4 Å². The van der Waals surface area contributed by atoms with E-state index >= 15 is 0 Å². The molecule has 162 valence electrons. The third kappa shape index (κ3) is 4.55. The number of nitro groups is 1. The zero-order valence-corrected chi connectivity index (χ0v) is 17.6. The molecule has 2 aromatic rings. The molecule has 31 heavy (non-hydrogen) atoms. The van der Waals surface area contributed by atoms with E-state index in [0.717, 1.165) is 11.1 Å². The van der Waals surface area contributed by atoms with Gasteiger partial charge >= 0.3 is 5.97 Å². The van der Waals surface area contributed by atoms with Gasteiger partial charge in [-0.15, -0.1) is 0 Å². The first-order valence-corrected chi connectivity index (χ1v) is 9.86. The number of nitro benzene ring substituents is 1. The Morgan fingerprint density at radius 3 is 2.29 bits per heavy atom. The summed E-state index contributed by atoms with van der Waals surface area (Å²) in [6.45, 7) is 5.54. The predicted octanol–water partition coefficient (Wildman–Crippen LogP) is 3.16. The summed E-state index contributed by atoms with van der Waals surface area (Å²) in [7, 11) is 0. The number of non-ortho nitro benzene ring substituents is 1. The Labute approximate surface area is 179 Å². The number of esters is 1. The van der Waals surface area contributed by atoms with E-state index in [1.807, 2.05) is 19.9 Å². The van der Waals surface area contributed by atoms with Gasteiger partial charge in [-0.3, -0.25) is 29.4 Å². The lowest BCUT2D eigenvalue weighted by atomic mass is 10.1. The zero-order valence-electron chi connectivity index (χ0n) is 17.6. The number of benzene rings is 2. The van der Waals surface area contributed by atoms with Crippen molar-refractivity contribution < 1.29 is 24.0 Å². The molecule has 1 aliphatic heterocycles. The maximum absolute atomic E-state index is 13.3. The first-order chi connectivity index (χ1) is 14.7. The van der Waals surface area contributed by atoms with E-state index in [1.165, 1.54) is 34.1 Å². The number of anilines is 2. The van der Waals surface area contributed by atoms with Gasteiger partial charge in [0.05, 0.1) is 22.9 Å². The number of hydrogen-bond donors (Lipinski definition) is 0. The van der Waals surface area contributed by atoms with Gasteiger partial charge in [-0.05, 0) is 56.2 Å². The molecule has 9 heteroatoms. The fourth-order valence-electron chi connectivity index (χ4n) is 3.42. The Hall–Kier alpha value is -3.75. The largest absolute Gasteiger partial charge is 0.465 e. The third-order valence-electron chi connectivity index (χ3n) is 5.19. The minimum atomic E-state index is -0.534. The number of nitrogens with zero attached hydrogens (tertiary/aromatic N) is 3. The molecule has 0 radical (unpaired) electrons. The molecule has 0 N–H and O–H groups in total. The van der Waals surface area contributed by atoms with Crippen molar-refractivity contribution in [3.8, 4) is 0 Å². The zero-order chi connectivity index (χ0) is 22.7. The molecule has 2 aromatic carbocycles. The van der Waals surface area contributed by atoms with Crippen LogP contribution in [0.15, 0.2) is 36.4 Å². The predicted molar refractivity (Wildman–Crippen MR) is 114 cm³/mol. The second kappa shape index (κ2) is 8.95. The summed E-state index contributed by atoms with van der Waals surface area (Å²) in [5, 5.41) is 10.9. The molecular weight excluding hydrogens is 402 g/mol. The van der Waals surface area contributed by atoms with Crippen LogP contribution in [-0.4, -0.2) is 42.4 Å². The number of hydrogen-bond acceptors (Lipinski definition) is 6. The average molecular weight is 425 g/mol. The number of ether oxygens (including phenoxy) is 1. The highest BCUT2D eigenvalue weighted by molar-refractivity contribution is 6.12. The summed E-state index contributed by atoms with van der Waals surface area (Å²) in [6.07, 6.45) is 0.0188. The summed E-state index contributed by atoms with van der Waals surface area (Å²) < 4.78 is 5.01. The van der Waals surface area contributed by atoms with E-state index in [2.05, 4.69) is 0 Å². The van der Waals surface area contributed by atoms with Crippen LogP contribution in [0.25, 0.3) is 0 Å². The Morgan fingerprint density at radius 1 is 1.10 bits per heavy atom. The highest BCUT2D eigenvalue weighted by Crippen LogP contribution is 2.36. The molecule has 0 fully saturated rings. The van der Waals surface area contributed by atoms with Crippen LogP contribution in [0.5, 0.6) is 0 Å². The lowest BCUT2D eigenvalue weighted by Gasteiger charge is -2.26. The Kier molecular flexibility index (Phi) is 6.33. The maximum atomic E-state index is 13.3. The number of aryl methyl sites for hydroxylation is 2. The average Bonchev–Trinajstić information content (AvgIpc) is 2.85. The van der Waals surface area contributed by atoms with Crippen molar-refractivity contribution in [3.63, 3.8) is 0 Å². The molecule has 2 amide bonds. The van der Waals surface area contributed by atoms with Crippen LogP contribution in [0.2, 0.25) is 0 Å². The van der Waals surface area contributed by atoms with Gasteiger partial charge in [0, 0.05) is 30.7 Å². The molecule has 1 aliphatic rings. The van der Waals surface area contributed by atoms with Gasteiger partial charge in [0.1, 0.15) is 6.54 Å². The lowest BCUT2D eigenvalue weighted by molar-refractivity contribution is -0.384. The molecule has 3 rings (SSSR count). The normalized spacial score (nSPS) is 13.5. The summed E-state index contributed by atoms with van der Waals surface area (Å²) in [5.74, 6) is -1.21. The molecule has 0 saturated heterocycles. The molecule has 0 saturated carbocycles. The fraction of sp³-hybridized carbons (Fsp3) is 0.318. The van der Waals surface area contributed by atoms with Crippen molar-refractivity contribution in [1.29, 1.82) is 0 Å². The molecule has 9 nitrogen and oxygen atoms in total. The molecule has 0 atom stereocenters. The molecular formula is C22H23N3O6. The maximum Gasteiger partial charge on any atom is 0.326 e. The molecule has 0 unspecified atom stereocenters. The van der Waals surface area contributed by atoms with E-state index in [1.54, 1.807) is 13.0 Å². The van der Waals surface area contributed by atoms with Crippen molar-refractivity contribution in [2.75, 3.05) is 29.5 Å². The highest BCUT2D eigenvalue weighted by atomic mass is 16.6. The summed E-state index contributed by atoms with van der Waals surface area (Å²) >= 11 is 0. The number of carbonyl (C=O) groups is 3. The standard InChI is InChI=1S/C22H23N3O6/c1-4-31-21(27)13-24-19-12-15(3)14(2)11-18(19)23(10-9-20(24)26)22(28)16-5-7-17(8-6-16)25(29)30/h5-8,11-12H,4,9-10,13H2,1-3H3. The molecule has 0 spiro atoms. The van der Waals surface area contributed by atoms with Crippen molar-refractivity contribution in [3.05, 3.63) is 63.2 Å². The first kappa shape index (κ1) is 21.9. The second-order valence-corrected chi connectivity index (χ2v) is 7.22. The van der Waals surface area contributed by atoms with Crippen LogP contribution in [0.1, 0.15) is 34.8 Å². The van der Waals surface area contributed by atoms with Gasteiger partial charge in [-0.25, -0.2) is 0 Å². The number of amides is 2. The first-order valence-electron chi connectivity index (χ1n) is 9.86. The van der Waals surface area contributed by atoms with Crippen molar-refractivity contribution in [1.82, 2.24) is 0 Å². The van der Waals surface area contributed by atoms with Crippen LogP contribution in [-0.2, 0) is 14.3 Å². The minimum Gasteiger partial charge on any atom is -0.465 e. The van der Waals surface area contributed by atoms with Gasteiger partial charge in [-0.1, -0.05) is 0 Å². The molecule has 0 aromatic heterocycles. The topological polar surface area (TPSA) is 110 Å². The molecule has 0 bridgehead atoms. The minimum absolute atomic E-state index is 0.0188. The van der Waals surface area contributed by atoms with E-state index in [-0.39, 0.29) is 49.2 Å². The summed E-state index contributed by atoms with van der Waals surface area (Å²) in [5.41, 5.74) is 2.93. The third-order valence-corrected chi connectivity index (χ3v) is 5.19. The number of carbonyl (C=O) groups excluding carboxylic acids is 3. The summed E-state index contributed by atoms with van der Waals surface area (Å²) in [6, 6.07) is 8.91. The lowest BCUT2D eigenvalue weighted by Crippen LogP contribution is -2.36. The second-order valence-electron chi connectivity index (χ2n) is 7.22. The van der Waals surface area contributed by atoms with Crippen LogP contribution >= 0.6 is 0 Å².